The maximum absolute atomic E-state index is 9.24. The molecule has 3 heteroatoms. The molecule has 1 aliphatic rings. The Morgan fingerprint density at radius 2 is 2.14 bits per heavy atom. The summed E-state index contributed by atoms with van der Waals surface area (Å²) in [7, 11) is 0. The van der Waals surface area contributed by atoms with E-state index in [0.29, 0.717) is 11.7 Å². The van der Waals surface area contributed by atoms with Crippen molar-refractivity contribution in [2.24, 2.45) is 5.73 Å². The minimum atomic E-state index is -0.920. The Kier molecular flexibility index (Phi) is 2.44. The molecule has 0 aliphatic heterocycles. The molecule has 2 rings (SSSR count). The molecule has 14 heavy (non-hydrogen) atoms. The van der Waals surface area contributed by atoms with Crippen LogP contribution in [0.25, 0.3) is 0 Å². The van der Waals surface area contributed by atoms with Crippen molar-refractivity contribution in [3.63, 3.8) is 0 Å². The first-order valence-electron chi connectivity index (χ1n) is 4.87. The van der Waals surface area contributed by atoms with Gasteiger partial charge in [-0.15, -0.1) is 0 Å². The van der Waals surface area contributed by atoms with E-state index in [4.69, 9.17) is 10.5 Å². The summed E-state index contributed by atoms with van der Waals surface area (Å²) in [6.07, 6.45) is 1.72. The second-order valence-electron chi connectivity index (χ2n) is 3.84. The minimum Gasteiger partial charge on any atom is -0.490 e. The van der Waals surface area contributed by atoms with Gasteiger partial charge in [0, 0.05) is 0 Å². The summed E-state index contributed by atoms with van der Waals surface area (Å²) in [5, 5.41) is 9.24. The summed E-state index contributed by atoms with van der Waals surface area (Å²) in [6.45, 7) is 1.96. The molecule has 0 spiro atoms. The lowest BCUT2D eigenvalue weighted by Gasteiger charge is -2.10. The molecule has 1 fully saturated rings. The van der Waals surface area contributed by atoms with Crippen LogP contribution in [-0.4, -0.2) is 11.2 Å². The second-order valence-corrected chi connectivity index (χ2v) is 3.84. The van der Waals surface area contributed by atoms with E-state index in [1.807, 2.05) is 19.1 Å². The number of hydrogen-bond acceptors (Lipinski definition) is 3. The number of ether oxygens (including phenoxy) is 1. The average molecular weight is 193 g/mol. The van der Waals surface area contributed by atoms with Crippen molar-refractivity contribution in [2.45, 2.75) is 32.1 Å². The zero-order chi connectivity index (χ0) is 10.1. The fraction of sp³-hybridized carbons (Fsp3) is 0.455. The Morgan fingerprint density at radius 1 is 1.43 bits per heavy atom. The third kappa shape index (κ3) is 2.25. The highest BCUT2D eigenvalue weighted by molar-refractivity contribution is 5.35. The summed E-state index contributed by atoms with van der Waals surface area (Å²) in [6, 6.07) is 5.63. The largest absolute Gasteiger partial charge is 0.490 e. The van der Waals surface area contributed by atoms with Crippen LogP contribution in [0, 0.1) is 6.92 Å². The lowest BCUT2D eigenvalue weighted by atomic mass is 10.1. The molecule has 0 radical (unpaired) electrons. The molecule has 1 unspecified atom stereocenters. The average Bonchev–Trinajstić information content (AvgIpc) is 2.87. The van der Waals surface area contributed by atoms with E-state index in [2.05, 4.69) is 0 Å². The molecular weight excluding hydrogens is 178 g/mol. The van der Waals surface area contributed by atoms with Crippen LogP contribution in [0.1, 0.15) is 30.2 Å². The monoisotopic (exact) mass is 193 g/mol. The molecule has 1 aliphatic carbocycles. The molecule has 0 aromatic heterocycles. The first kappa shape index (κ1) is 9.49. The molecule has 1 aromatic carbocycles. The van der Waals surface area contributed by atoms with Crippen LogP contribution in [0.2, 0.25) is 0 Å². The van der Waals surface area contributed by atoms with E-state index in [1.165, 1.54) is 0 Å². The highest BCUT2D eigenvalue weighted by atomic mass is 16.5. The lowest BCUT2D eigenvalue weighted by Crippen LogP contribution is -2.09. The van der Waals surface area contributed by atoms with Gasteiger partial charge in [0.15, 0.2) is 0 Å². The molecule has 0 saturated heterocycles. The van der Waals surface area contributed by atoms with E-state index in [0.717, 1.165) is 24.2 Å². The van der Waals surface area contributed by atoms with E-state index in [-0.39, 0.29) is 0 Å². The molecule has 0 bridgehead atoms. The Hall–Kier alpha value is -1.06. The number of hydrogen-bond donors (Lipinski definition) is 2. The number of aliphatic hydroxyl groups is 1. The predicted octanol–water partition coefficient (Wildman–Crippen LogP) is 1.49. The van der Waals surface area contributed by atoms with Gasteiger partial charge in [-0.25, -0.2) is 0 Å². The summed E-state index contributed by atoms with van der Waals surface area (Å²) in [5.74, 6) is 0.812. The zero-order valence-corrected chi connectivity index (χ0v) is 8.23. The summed E-state index contributed by atoms with van der Waals surface area (Å²) in [4.78, 5) is 0. The molecule has 76 valence electrons. The second kappa shape index (κ2) is 3.59. The fourth-order valence-electron chi connectivity index (χ4n) is 1.39. The van der Waals surface area contributed by atoms with Gasteiger partial charge in [-0.2, -0.15) is 0 Å². The normalized spacial score (nSPS) is 17.9. The molecule has 0 heterocycles. The highest BCUT2D eigenvalue weighted by Gasteiger charge is 2.23. The number of benzene rings is 1. The van der Waals surface area contributed by atoms with E-state index in [9.17, 15) is 5.11 Å². The van der Waals surface area contributed by atoms with Crippen LogP contribution in [-0.2, 0) is 0 Å². The van der Waals surface area contributed by atoms with Crippen LogP contribution in [0.15, 0.2) is 18.2 Å². The van der Waals surface area contributed by atoms with Crippen molar-refractivity contribution in [3.8, 4) is 5.75 Å². The van der Waals surface area contributed by atoms with Crippen LogP contribution in [0.5, 0.6) is 5.75 Å². The minimum absolute atomic E-state index is 0.375. The topological polar surface area (TPSA) is 55.5 Å². The molecule has 1 atom stereocenters. The third-order valence-corrected chi connectivity index (χ3v) is 2.24. The molecule has 1 saturated carbocycles. The first-order chi connectivity index (χ1) is 6.65. The molecule has 0 amide bonds. The van der Waals surface area contributed by atoms with Crippen molar-refractivity contribution in [3.05, 3.63) is 29.3 Å². The fourth-order valence-corrected chi connectivity index (χ4v) is 1.39. The highest BCUT2D eigenvalue weighted by Crippen LogP contribution is 2.28. The quantitative estimate of drug-likeness (QED) is 0.715. The van der Waals surface area contributed by atoms with Crippen molar-refractivity contribution in [1.29, 1.82) is 0 Å². The Morgan fingerprint density at radius 3 is 2.71 bits per heavy atom. The van der Waals surface area contributed by atoms with Crippen molar-refractivity contribution in [2.75, 3.05) is 0 Å². The Bertz CT molecular complexity index is 332. The van der Waals surface area contributed by atoms with E-state index < -0.39 is 6.23 Å². The van der Waals surface area contributed by atoms with Gasteiger partial charge in [0.25, 0.3) is 0 Å². The molecule has 3 N–H and O–H groups in total. The standard InChI is InChI=1S/C11H15NO2/c1-7-4-8(11(12)13)6-10(5-7)14-9-2-3-9/h4-6,9,11,13H,2-3,12H2,1H3. The summed E-state index contributed by atoms with van der Waals surface area (Å²) >= 11 is 0. The van der Waals surface area contributed by atoms with Crippen molar-refractivity contribution >= 4 is 0 Å². The smallest absolute Gasteiger partial charge is 0.128 e. The number of aryl methyl sites for hydroxylation is 1. The van der Waals surface area contributed by atoms with Gasteiger partial charge >= 0.3 is 0 Å². The van der Waals surface area contributed by atoms with Gasteiger partial charge in [-0.1, -0.05) is 6.07 Å². The van der Waals surface area contributed by atoms with E-state index >= 15 is 0 Å². The number of aliphatic hydroxyl groups excluding tert-OH is 1. The number of rotatable bonds is 3. The zero-order valence-electron chi connectivity index (χ0n) is 8.23. The Balaban J connectivity index is 2.21. The van der Waals surface area contributed by atoms with E-state index in [1.54, 1.807) is 6.07 Å². The van der Waals surface area contributed by atoms with Crippen molar-refractivity contribution in [1.82, 2.24) is 0 Å². The number of nitrogens with two attached hydrogens (primary N) is 1. The van der Waals surface area contributed by atoms with Gasteiger partial charge in [0.2, 0.25) is 0 Å². The van der Waals surface area contributed by atoms with Gasteiger partial charge < -0.3 is 15.6 Å². The Labute approximate surface area is 83.5 Å². The van der Waals surface area contributed by atoms with Gasteiger partial charge in [-0.3, -0.25) is 0 Å². The van der Waals surface area contributed by atoms with Gasteiger partial charge in [0.05, 0.1) is 6.10 Å². The molecular formula is C11H15NO2. The maximum Gasteiger partial charge on any atom is 0.128 e. The first-order valence-corrected chi connectivity index (χ1v) is 4.87. The summed E-state index contributed by atoms with van der Waals surface area (Å²) < 4.78 is 5.63. The predicted molar refractivity (Wildman–Crippen MR) is 54.0 cm³/mol. The third-order valence-electron chi connectivity index (χ3n) is 2.24. The van der Waals surface area contributed by atoms with Crippen LogP contribution < -0.4 is 10.5 Å². The molecule has 1 aromatic rings. The van der Waals surface area contributed by atoms with Crippen LogP contribution in [0.4, 0.5) is 0 Å². The SMILES string of the molecule is Cc1cc(OC2CC2)cc(C(N)O)c1. The molecule has 3 nitrogen and oxygen atoms in total. The lowest BCUT2D eigenvalue weighted by molar-refractivity contribution is 0.185. The van der Waals surface area contributed by atoms with Crippen molar-refractivity contribution < 1.29 is 9.84 Å². The van der Waals surface area contributed by atoms with Crippen LogP contribution in [0.3, 0.4) is 0 Å². The maximum atomic E-state index is 9.24. The van der Waals surface area contributed by atoms with Crippen LogP contribution >= 0.6 is 0 Å². The van der Waals surface area contributed by atoms with Gasteiger partial charge in [-0.05, 0) is 43.0 Å². The summed E-state index contributed by atoms with van der Waals surface area (Å²) in [5.41, 5.74) is 7.16. The van der Waals surface area contributed by atoms with Gasteiger partial charge in [0.1, 0.15) is 12.0 Å².